The third-order valence-corrected chi connectivity index (χ3v) is 5.20. The second-order valence-electron chi connectivity index (χ2n) is 7.03. The van der Waals surface area contributed by atoms with Gasteiger partial charge in [-0.2, -0.15) is 14.4 Å². The van der Waals surface area contributed by atoms with Crippen LogP contribution in [0.25, 0.3) is 17.2 Å². The predicted molar refractivity (Wildman–Crippen MR) is 120 cm³/mol. The molecule has 0 atom stereocenters. The van der Waals surface area contributed by atoms with Gasteiger partial charge in [0.2, 0.25) is 0 Å². The van der Waals surface area contributed by atoms with Crippen molar-refractivity contribution in [1.82, 2.24) is 19.6 Å². The van der Waals surface area contributed by atoms with Gasteiger partial charge in [-0.05, 0) is 48.7 Å². The van der Waals surface area contributed by atoms with Crippen LogP contribution in [-0.4, -0.2) is 26.7 Å². The lowest BCUT2D eigenvalue weighted by molar-refractivity contribution is -0.177. The Morgan fingerprint density at radius 2 is 2.00 bits per heavy atom. The van der Waals surface area contributed by atoms with E-state index >= 15 is 0 Å². The van der Waals surface area contributed by atoms with Crippen molar-refractivity contribution in [2.24, 2.45) is 0 Å². The van der Waals surface area contributed by atoms with Crippen LogP contribution in [0.5, 0.6) is 5.75 Å². The summed E-state index contributed by atoms with van der Waals surface area (Å²) in [5.41, 5.74) is 4.27. The Bertz CT molecular complexity index is 1300. The maximum Gasteiger partial charge on any atom is 0.274 e. The quantitative estimate of drug-likeness (QED) is 0.331. The van der Waals surface area contributed by atoms with Crippen LogP contribution in [0.4, 0.5) is 5.69 Å². The molecule has 2 aromatic heterocycles. The van der Waals surface area contributed by atoms with Crippen LogP contribution < -0.4 is 15.8 Å². The highest BCUT2D eigenvalue weighted by Gasteiger charge is 2.12. The van der Waals surface area contributed by atoms with Crippen molar-refractivity contribution in [2.45, 2.75) is 26.8 Å². The molecular formula is C22H22ClN5O3. The Labute approximate surface area is 183 Å². The van der Waals surface area contributed by atoms with Gasteiger partial charge in [-0.1, -0.05) is 30.7 Å². The third kappa shape index (κ3) is 4.40. The number of nitrogens with one attached hydrogen (secondary N) is 2. The van der Waals surface area contributed by atoms with Crippen molar-refractivity contribution in [3.63, 3.8) is 0 Å². The fourth-order valence-electron chi connectivity index (χ4n) is 3.34. The lowest BCUT2D eigenvalue weighted by Gasteiger charge is -2.11. The second-order valence-corrected chi connectivity index (χ2v) is 7.47. The van der Waals surface area contributed by atoms with E-state index < -0.39 is 0 Å². The molecule has 4 aromatic rings. The largest absolute Gasteiger partial charge is 0.376 e. The molecular weight excluding hydrogens is 418 g/mol. The van der Waals surface area contributed by atoms with Crippen LogP contribution in [0, 0.1) is 6.92 Å². The van der Waals surface area contributed by atoms with E-state index in [4.69, 9.17) is 21.4 Å². The summed E-state index contributed by atoms with van der Waals surface area (Å²) in [5.74, 6) is 1.37. The summed E-state index contributed by atoms with van der Waals surface area (Å²) < 4.78 is 1.34. The minimum absolute atomic E-state index is 0.247. The molecule has 0 bridgehead atoms. The molecule has 0 amide bonds. The Morgan fingerprint density at radius 3 is 2.77 bits per heavy atom. The minimum atomic E-state index is -0.247. The number of aromatic nitrogens is 4. The van der Waals surface area contributed by atoms with Gasteiger partial charge in [-0.25, -0.2) is 4.98 Å². The Balaban J connectivity index is 1.63. The standard InChI is InChI=1S/C22H22ClN5O3/c1-4-14-9-15(6-5-13(14)2)21-26-22-25-17(11-20(29)28(22)27-21)12-24-18-10-16(23)7-8-19(18)31-30-3/h5-11,24H,4,12H2,1-3H3,(H,25,26,27). The van der Waals surface area contributed by atoms with Gasteiger partial charge in [0, 0.05) is 16.7 Å². The van der Waals surface area contributed by atoms with Gasteiger partial charge >= 0.3 is 0 Å². The number of aryl methyl sites for hydroxylation is 2. The molecule has 2 heterocycles. The maximum atomic E-state index is 12.6. The normalized spacial score (nSPS) is 11.1. The van der Waals surface area contributed by atoms with Crippen molar-refractivity contribution in [2.75, 3.05) is 12.4 Å². The van der Waals surface area contributed by atoms with Gasteiger partial charge in [-0.15, -0.1) is 0 Å². The summed E-state index contributed by atoms with van der Waals surface area (Å²) in [7, 11) is 1.42. The van der Waals surface area contributed by atoms with Gasteiger partial charge in [0.1, 0.15) is 0 Å². The highest BCUT2D eigenvalue weighted by molar-refractivity contribution is 6.30. The second kappa shape index (κ2) is 8.79. The van der Waals surface area contributed by atoms with E-state index in [1.54, 1.807) is 18.2 Å². The van der Waals surface area contributed by atoms with E-state index in [0.717, 1.165) is 12.0 Å². The molecule has 8 nitrogen and oxygen atoms in total. The monoisotopic (exact) mass is 439 g/mol. The van der Waals surface area contributed by atoms with Crippen LogP contribution in [0.2, 0.25) is 5.02 Å². The van der Waals surface area contributed by atoms with Crippen molar-refractivity contribution in [3.05, 3.63) is 74.7 Å². The zero-order valence-electron chi connectivity index (χ0n) is 17.4. The molecule has 2 N–H and O–H groups in total. The number of hydrogen-bond donors (Lipinski definition) is 2. The van der Waals surface area contributed by atoms with Crippen LogP contribution in [0.3, 0.4) is 0 Å². The molecule has 0 fully saturated rings. The number of halogens is 1. The molecule has 0 saturated carbocycles. The van der Waals surface area contributed by atoms with Gasteiger partial charge in [0.15, 0.2) is 11.6 Å². The van der Waals surface area contributed by atoms with E-state index in [1.165, 1.54) is 28.8 Å². The van der Waals surface area contributed by atoms with E-state index in [2.05, 4.69) is 46.4 Å². The summed E-state index contributed by atoms with van der Waals surface area (Å²) in [6, 6.07) is 12.7. The number of fused-ring (bicyclic) bond motifs is 1. The van der Waals surface area contributed by atoms with Crippen LogP contribution >= 0.6 is 11.6 Å². The van der Waals surface area contributed by atoms with Crippen molar-refractivity contribution in [3.8, 4) is 17.1 Å². The first-order chi connectivity index (χ1) is 15.0. The molecule has 2 aromatic carbocycles. The summed E-state index contributed by atoms with van der Waals surface area (Å²) in [6.07, 6.45) is 0.923. The van der Waals surface area contributed by atoms with Gasteiger partial charge < -0.3 is 10.2 Å². The summed E-state index contributed by atoms with van der Waals surface area (Å²) in [4.78, 5) is 31.5. The number of hydrogen-bond acceptors (Lipinski definition) is 6. The minimum Gasteiger partial charge on any atom is -0.376 e. The van der Waals surface area contributed by atoms with Crippen LogP contribution in [0.1, 0.15) is 23.7 Å². The zero-order chi connectivity index (χ0) is 22.0. The smallest absolute Gasteiger partial charge is 0.274 e. The summed E-state index contributed by atoms with van der Waals surface area (Å²) in [6.45, 7) is 4.47. The fourth-order valence-corrected chi connectivity index (χ4v) is 3.51. The molecule has 4 rings (SSSR count). The Kier molecular flexibility index (Phi) is 5.92. The molecule has 0 aliphatic heterocycles. The van der Waals surface area contributed by atoms with Crippen molar-refractivity contribution >= 4 is 23.1 Å². The fraction of sp³-hybridized carbons (Fsp3) is 0.227. The molecule has 160 valence electrons. The Hall–Kier alpha value is -3.36. The number of aromatic amines is 1. The SMILES string of the molecule is CCc1cc(-c2nc3nc(CNc4cc(Cl)ccc4OOC)cc(=O)n3[nH]2)ccc1C. The third-order valence-electron chi connectivity index (χ3n) is 4.96. The van der Waals surface area contributed by atoms with E-state index in [1.807, 2.05) is 6.07 Å². The highest BCUT2D eigenvalue weighted by atomic mass is 35.5. The number of rotatable bonds is 7. The molecule has 0 spiro atoms. The van der Waals surface area contributed by atoms with Crippen LogP contribution in [-0.2, 0) is 17.9 Å². The Morgan fingerprint density at radius 1 is 1.16 bits per heavy atom. The zero-order valence-corrected chi connectivity index (χ0v) is 18.2. The van der Waals surface area contributed by atoms with Gasteiger partial charge in [0.05, 0.1) is 25.0 Å². The maximum absolute atomic E-state index is 12.6. The molecule has 0 aliphatic carbocycles. The van der Waals surface area contributed by atoms with Gasteiger partial charge in [-0.3, -0.25) is 9.89 Å². The molecule has 31 heavy (non-hydrogen) atoms. The van der Waals surface area contributed by atoms with E-state index in [-0.39, 0.29) is 12.1 Å². The highest BCUT2D eigenvalue weighted by Crippen LogP contribution is 2.28. The lowest BCUT2D eigenvalue weighted by Crippen LogP contribution is -2.17. The summed E-state index contributed by atoms with van der Waals surface area (Å²) >= 11 is 6.07. The molecule has 0 radical (unpaired) electrons. The molecule has 0 unspecified atom stereocenters. The average molecular weight is 440 g/mol. The number of nitrogens with zero attached hydrogens (tertiary/aromatic N) is 3. The number of H-pyrrole nitrogens is 1. The topological polar surface area (TPSA) is 93.5 Å². The predicted octanol–water partition coefficient (Wildman–Crippen LogP) is 4.16. The lowest BCUT2D eigenvalue weighted by atomic mass is 10.0. The number of anilines is 1. The van der Waals surface area contributed by atoms with Crippen molar-refractivity contribution in [1.29, 1.82) is 0 Å². The van der Waals surface area contributed by atoms with E-state index in [9.17, 15) is 4.79 Å². The van der Waals surface area contributed by atoms with Crippen molar-refractivity contribution < 1.29 is 9.78 Å². The first-order valence-corrected chi connectivity index (χ1v) is 10.2. The van der Waals surface area contributed by atoms with Crippen LogP contribution in [0.15, 0.2) is 47.3 Å². The number of benzene rings is 2. The average Bonchev–Trinajstić information content (AvgIpc) is 3.19. The molecule has 9 heteroatoms. The molecule has 0 aliphatic rings. The first kappa shape index (κ1) is 20.9. The van der Waals surface area contributed by atoms with E-state index in [0.29, 0.717) is 33.8 Å². The first-order valence-electron chi connectivity index (χ1n) is 9.81. The molecule has 0 saturated heterocycles. The van der Waals surface area contributed by atoms with Gasteiger partial charge in [0.25, 0.3) is 11.3 Å². The summed E-state index contributed by atoms with van der Waals surface area (Å²) in [5, 5.41) is 6.75.